The van der Waals surface area contributed by atoms with Gasteiger partial charge in [-0.2, -0.15) is 13.2 Å². The number of nitrogens with zero attached hydrogens (tertiary/aromatic N) is 1. The third-order valence-electron chi connectivity index (χ3n) is 2.28. The topological polar surface area (TPSA) is 55.0 Å². The molecule has 8 heteroatoms. The van der Waals surface area contributed by atoms with E-state index in [4.69, 9.17) is 4.74 Å². The Hall–Kier alpha value is -1.83. The Morgan fingerprint density at radius 1 is 1.35 bits per heavy atom. The summed E-state index contributed by atoms with van der Waals surface area (Å²) in [4.78, 5) is 17.2. The molecule has 1 N–H and O–H groups in total. The summed E-state index contributed by atoms with van der Waals surface area (Å²) in [7, 11) is 0. The number of H-pyrrole nitrogens is 1. The van der Waals surface area contributed by atoms with Crippen molar-refractivity contribution in [3.8, 4) is 11.5 Å². The molecule has 0 aliphatic carbocycles. The second-order valence-corrected chi connectivity index (χ2v) is 4.80. The molecule has 0 radical (unpaired) electrons. The highest BCUT2D eigenvalue weighted by atomic mass is 79.9. The first kappa shape index (κ1) is 14.6. The number of aromatic amines is 1. The lowest BCUT2D eigenvalue weighted by molar-refractivity contribution is -0.142. The van der Waals surface area contributed by atoms with Crippen LogP contribution in [0.4, 0.5) is 13.2 Å². The van der Waals surface area contributed by atoms with Crippen LogP contribution in [0.1, 0.15) is 11.5 Å². The zero-order valence-electron chi connectivity index (χ0n) is 10.1. The van der Waals surface area contributed by atoms with Crippen molar-refractivity contribution in [2.75, 3.05) is 0 Å². The first-order chi connectivity index (χ1) is 9.27. The molecular formula is C12H8BrF3N2O2. The van der Waals surface area contributed by atoms with Crippen molar-refractivity contribution >= 4 is 15.9 Å². The van der Waals surface area contributed by atoms with Gasteiger partial charge in [0.2, 0.25) is 5.75 Å². The summed E-state index contributed by atoms with van der Waals surface area (Å²) in [5.74, 6) is -0.911. The van der Waals surface area contributed by atoms with E-state index >= 15 is 0 Å². The van der Waals surface area contributed by atoms with Crippen molar-refractivity contribution in [3.63, 3.8) is 0 Å². The number of nitrogens with one attached hydrogen (secondary N) is 1. The van der Waals surface area contributed by atoms with Gasteiger partial charge < -0.3 is 9.72 Å². The molecule has 0 bridgehead atoms. The van der Waals surface area contributed by atoms with Crippen LogP contribution in [0, 0.1) is 6.92 Å². The van der Waals surface area contributed by atoms with Crippen LogP contribution >= 0.6 is 15.9 Å². The molecule has 0 saturated carbocycles. The Bertz CT molecular complexity index is 698. The number of aromatic nitrogens is 2. The maximum absolute atomic E-state index is 12.9. The van der Waals surface area contributed by atoms with Crippen molar-refractivity contribution in [1.82, 2.24) is 9.97 Å². The Kier molecular flexibility index (Phi) is 3.85. The minimum Gasteiger partial charge on any atom is -0.449 e. The van der Waals surface area contributed by atoms with Crippen LogP contribution in [0.3, 0.4) is 0 Å². The lowest BCUT2D eigenvalue weighted by atomic mass is 10.3. The Morgan fingerprint density at radius 2 is 2.05 bits per heavy atom. The average molecular weight is 349 g/mol. The van der Waals surface area contributed by atoms with Gasteiger partial charge in [0.1, 0.15) is 11.6 Å². The van der Waals surface area contributed by atoms with Crippen LogP contribution in [0.5, 0.6) is 11.5 Å². The largest absolute Gasteiger partial charge is 0.449 e. The highest BCUT2D eigenvalue weighted by Gasteiger charge is 2.38. The number of aryl methyl sites for hydroxylation is 1. The molecule has 0 unspecified atom stereocenters. The van der Waals surface area contributed by atoms with E-state index in [0.717, 1.165) is 0 Å². The third-order valence-corrected chi connectivity index (χ3v) is 2.77. The molecule has 4 nitrogen and oxygen atoms in total. The van der Waals surface area contributed by atoms with E-state index in [1.54, 1.807) is 12.1 Å². The molecule has 0 spiro atoms. The van der Waals surface area contributed by atoms with Gasteiger partial charge in [0.05, 0.1) is 0 Å². The van der Waals surface area contributed by atoms with Crippen LogP contribution in [-0.2, 0) is 6.18 Å². The molecule has 0 saturated heterocycles. The predicted molar refractivity (Wildman–Crippen MR) is 68.8 cm³/mol. The average Bonchev–Trinajstić information content (AvgIpc) is 2.31. The number of rotatable bonds is 2. The van der Waals surface area contributed by atoms with E-state index in [9.17, 15) is 18.0 Å². The summed E-state index contributed by atoms with van der Waals surface area (Å²) >= 11 is 3.16. The summed E-state index contributed by atoms with van der Waals surface area (Å²) in [6.07, 6.45) is -4.78. The fraction of sp³-hybridized carbons (Fsp3) is 0.167. The van der Waals surface area contributed by atoms with E-state index in [1.807, 2.05) is 0 Å². The van der Waals surface area contributed by atoms with E-state index in [1.165, 1.54) is 19.1 Å². The molecule has 0 atom stereocenters. The number of benzene rings is 1. The molecule has 0 amide bonds. The second kappa shape index (κ2) is 5.28. The molecule has 1 heterocycles. The molecule has 2 rings (SSSR count). The Balaban J connectivity index is 2.54. The molecule has 20 heavy (non-hydrogen) atoms. The van der Waals surface area contributed by atoms with Gasteiger partial charge in [-0.25, -0.2) is 4.98 Å². The molecule has 2 aromatic rings. The SMILES string of the molecule is Cc1nc(C(F)(F)F)c(Oc2cccc(Br)c2)c(=O)[nH]1. The van der Waals surface area contributed by atoms with Gasteiger partial charge in [-0.1, -0.05) is 22.0 Å². The molecule has 0 aliphatic heterocycles. The van der Waals surface area contributed by atoms with Crippen LogP contribution in [0.2, 0.25) is 0 Å². The minimum absolute atomic E-state index is 0.0982. The molecule has 106 valence electrons. The fourth-order valence-corrected chi connectivity index (χ4v) is 1.89. The maximum Gasteiger partial charge on any atom is 0.437 e. The third kappa shape index (κ3) is 3.19. The Labute approximate surface area is 119 Å². The van der Waals surface area contributed by atoms with Crippen molar-refractivity contribution < 1.29 is 17.9 Å². The highest BCUT2D eigenvalue weighted by molar-refractivity contribution is 9.10. The zero-order chi connectivity index (χ0) is 14.9. The standard InChI is InChI=1S/C12H8BrF3N2O2/c1-6-17-10(12(14,15)16)9(11(19)18-6)20-8-4-2-3-7(13)5-8/h2-5H,1H3,(H,17,18,19). The van der Waals surface area contributed by atoms with Crippen LogP contribution in [-0.4, -0.2) is 9.97 Å². The summed E-state index contributed by atoms with van der Waals surface area (Å²) in [5, 5.41) is 0. The highest BCUT2D eigenvalue weighted by Crippen LogP contribution is 2.34. The fourth-order valence-electron chi connectivity index (χ4n) is 1.51. The van der Waals surface area contributed by atoms with Gasteiger partial charge >= 0.3 is 6.18 Å². The van der Waals surface area contributed by atoms with Gasteiger partial charge in [0.25, 0.3) is 5.56 Å². The second-order valence-electron chi connectivity index (χ2n) is 3.89. The monoisotopic (exact) mass is 348 g/mol. The zero-order valence-corrected chi connectivity index (χ0v) is 11.7. The summed E-state index contributed by atoms with van der Waals surface area (Å²) < 4.78 is 44.3. The number of halogens is 4. The van der Waals surface area contributed by atoms with E-state index in [0.29, 0.717) is 4.47 Å². The van der Waals surface area contributed by atoms with Crippen molar-refractivity contribution in [2.24, 2.45) is 0 Å². The van der Waals surface area contributed by atoms with Gasteiger partial charge in [0.15, 0.2) is 5.69 Å². The number of hydrogen-bond acceptors (Lipinski definition) is 3. The molecular weight excluding hydrogens is 341 g/mol. The first-order valence-electron chi connectivity index (χ1n) is 5.39. The Morgan fingerprint density at radius 3 is 2.65 bits per heavy atom. The normalized spacial score (nSPS) is 11.4. The molecule has 0 fully saturated rings. The summed E-state index contributed by atoms with van der Waals surface area (Å²) in [6, 6.07) is 6.13. The van der Waals surface area contributed by atoms with Crippen molar-refractivity contribution in [3.05, 3.63) is 50.6 Å². The number of alkyl halides is 3. The predicted octanol–water partition coefficient (Wildman–Crippen LogP) is 3.65. The number of ether oxygens (including phenoxy) is 1. The van der Waals surface area contributed by atoms with E-state index in [2.05, 4.69) is 25.9 Å². The van der Waals surface area contributed by atoms with Gasteiger partial charge in [-0.3, -0.25) is 4.79 Å². The lowest BCUT2D eigenvalue weighted by Gasteiger charge is -2.12. The number of hydrogen-bond donors (Lipinski definition) is 1. The van der Waals surface area contributed by atoms with E-state index in [-0.39, 0.29) is 11.6 Å². The van der Waals surface area contributed by atoms with Gasteiger partial charge in [-0.15, -0.1) is 0 Å². The van der Waals surface area contributed by atoms with Crippen LogP contribution < -0.4 is 10.3 Å². The van der Waals surface area contributed by atoms with Crippen LogP contribution in [0.25, 0.3) is 0 Å². The van der Waals surface area contributed by atoms with Crippen LogP contribution in [0.15, 0.2) is 33.5 Å². The smallest absolute Gasteiger partial charge is 0.437 e. The minimum atomic E-state index is -4.78. The summed E-state index contributed by atoms with van der Waals surface area (Å²) in [6.45, 7) is 1.26. The van der Waals surface area contributed by atoms with E-state index < -0.39 is 23.2 Å². The quantitative estimate of drug-likeness (QED) is 0.901. The van der Waals surface area contributed by atoms with Crippen molar-refractivity contribution in [1.29, 1.82) is 0 Å². The first-order valence-corrected chi connectivity index (χ1v) is 6.18. The summed E-state index contributed by atoms with van der Waals surface area (Å²) in [5.41, 5.74) is -2.33. The van der Waals surface area contributed by atoms with Gasteiger partial charge in [-0.05, 0) is 25.1 Å². The maximum atomic E-state index is 12.9. The molecule has 0 aliphatic rings. The van der Waals surface area contributed by atoms with Crippen molar-refractivity contribution in [2.45, 2.75) is 13.1 Å². The molecule has 1 aromatic carbocycles. The molecule has 1 aromatic heterocycles. The van der Waals surface area contributed by atoms with Gasteiger partial charge in [0, 0.05) is 4.47 Å². The lowest BCUT2D eigenvalue weighted by Crippen LogP contribution is -2.20.